The molecular formula is C19H25N3O2. The van der Waals surface area contributed by atoms with E-state index in [-0.39, 0.29) is 16.9 Å². The van der Waals surface area contributed by atoms with Crippen molar-refractivity contribution in [3.8, 4) is 0 Å². The van der Waals surface area contributed by atoms with Crippen molar-refractivity contribution in [2.24, 2.45) is 11.8 Å². The average Bonchev–Trinajstić information content (AvgIpc) is 2.54. The summed E-state index contributed by atoms with van der Waals surface area (Å²) in [5.41, 5.74) is 7.20. The first kappa shape index (κ1) is 16.6. The molecule has 5 nitrogen and oxygen atoms in total. The largest absolute Gasteiger partial charge is 0.398 e. The molecule has 1 aliphatic heterocycles. The number of fused-ring (bicyclic) bond motifs is 1. The van der Waals surface area contributed by atoms with Gasteiger partial charge in [-0.15, -0.1) is 0 Å². The Morgan fingerprint density at radius 2 is 1.92 bits per heavy atom. The first-order valence-electron chi connectivity index (χ1n) is 8.63. The number of nitrogens with two attached hydrogens (primary N) is 1. The van der Waals surface area contributed by atoms with Crippen molar-refractivity contribution in [1.29, 1.82) is 0 Å². The van der Waals surface area contributed by atoms with Crippen molar-refractivity contribution < 1.29 is 4.79 Å². The predicted molar refractivity (Wildman–Crippen MR) is 97.1 cm³/mol. The molecular weight excluding hydrogens is 302 g/mol. The molecule has 1 saturated heterocycles. The number of pyridine rings is 1. The second-order valence-electron chi connectivity index (χ2n) is 7.06. The number of anilines is 1. The molecule has 1 aromatic carbocycles. The molecule has 1 aliphatic rings. The van der Waals surface area contributed by atoms with E-state index in [0.717, 1.165) is 11.9 Å². The molecule has 0 radical (unpaired) electrons. The summed E-state index contributed by atoms with van der Waals surface area (Å²) < 4.78 is 1.93. The van der Waals surface area contributed by atoms with Gasteiger partial charge in [0.05, 0.1) is 10.9 Å². The van der Waals surface area contributed by atoms with Crippen LogP contribution in [0.4, 0.5) is 5.69 Å². The fraction of sp³-hybridized carbons (Fsp3) is 0.474. The van der Waals surface area contributed by atoms with Crippen LogP contribution in [0.5, 0.6) is 0 Å². The van der Waals surface area contributed by atoms with E-state index in [4.69, 9.17) is 5.73 Å². The topological polar surface area (TPSA) is 68.3 Å². The number of benzene rings is 1. The Balaban J connectivity index is 2.12. The van der Waals surface area contributed by atoms with Crippen molar-refractivity contribution >= 4 is 22.5 Å². The van der Waals surface area contributed by atoms with Gasteiger partial charge in [-0.25, -0.2) is 0 Å². The first-order chi connectivity index (χ1) is 11.4. The van der Waals surface area contributed by atoms with E-state index >= 15 is 0 Å². The lowest BCUT2D eigenvalue weighted by Crippen LogP contribution is -2.44. The summed E-state index contributed by atoms with van der Waals surface area (Å²) in [6, 6.07) is 5.41. The number of nitrogen functional groups attached to an aromatic ring is 1. The van der Waals surface area contributed by atoms with Gasteiger partial charge in [-0.2, -0.15) is 0 Å². The lowest BCUT2D eigenvalue weighted by molar-refractivity contribution is 0.0621. The van der Waals surface area contributed by atoms with Crippen LogP contribution in [0.3, 0.4) is 0 Å². The molecule has 2 atom stereocenters. The molecule has 2 heterocycles. The Bertz CT molecular complexity index is 830. The second kappa shape index (κ2) is 6.30. The maximum absolute atomic E-state index is 13.0. The molecule has 5 heteroatoms. The number of nitrogens with zero attached hydrogens (tertiary/aromatic N) is 2. The van der Waals surface area contributed by atoms with Crippen molar-refractivity contribution in [3.05, 3.63) is 40.2 Å². The van der Waals surface area contributed by atoms with Crippen LogP contribution in [-0.2, 0) is 6.54 Å². The Kier molecular flexibility index (Phi) is 4.35. The fourth-order valence-corrected chi connectivity index (χ4v) is 3.88. The zero-order valence-corrected chi connectivity index (χ0v) is 14.6. The smallest absolute Gasteiger partial charge is 0.259 e. The van der Waals surface area contributed by atoms with Crippen LogP contribution in [-0.4, -0.2) is 28.5 Å². The zero-order valence-electron chi connectivity index (χ0n) is 14.6. The molecule has 0 spiro atoms. The van der Waals surface area contributed by atoms with E-state index in [1.54, 1.807) is 12.3 Å². The number of amides is 1. The van der Waals surface area contributed by atoms with E-state index in [9.17, 15) is 9.59 Å². The van der Waals surface area contributed by atoms with Gasteiger partial charge in [0.25, 0.3) is 5.91 Å². The summed E-state index contributed by atoms with van der Waals surface area (Å²) in [6.45, 7) is 8.38. The summed E-state index contributed by atoms with van der Waals surface area (Å²) in [7, 11) is 0. The maximum Gasteiger partial charge on any atom is 0.259 e. The fourth-order valence-electron chi connectivity index (χ4n) is 3.88. The third-order valence-corrected chi connectivity index (χ3v) is 4.87. The van der Waals surface area contributed by atoms with Gasteiger partial charge in [0, 0.05) is 31.5 Å². The van der Waals surface area contributed by atoms with Gasteiger partial charge in [-0.1, -0.05) is 19.9 Å². The number of hydrogen-bond donors (Lipinski definition) is 1. The van der Waals surface area contributed by atoms with Gasteiger partial charge >= 0.3 is 0 Å². The molecule has 0 bridgehead atoms. The number of likely N-dealkylation sites (tertiary alicyclic amines) is 1. The molecule has 2 aromatic rings. The highest BCUT2D eigenvalue weighted by molar-refractivity contribution is 6.00. The average molecular weight is 327 g/mol. The minimum Gasteiger partial charge on any atom is -0.398 e. The Morgan fingerprint density at radius 1 is 1.25 bits per heavy atom. The van der Waals surface area contributed by atoms with Crippen molar-refractivity contribution in [2.45, 2.75) is 33.7 Å². The number of carbonyl (C=O) groups excluding carboxylic acids is 1. The molecule has 128 valence electrons. The van der Waals surface area contributed by atoms with Crippen LogP contribution >= 0.6 is 0 Å². The quantitative estimate of drug-likeness (QED) is 0.862. The molecule has 1 fully saturated rings. The number of aryl methyl sites for hydroxylation is 1. The van der Waals surface area contributed by atoms with Gasteiger partial charge in [0.15, 0.2) is 0 Å². The van der Waals surface area contributed by atoms with Gasteiger partial charge in [0.1, 0.15) is 5.56 Å². The van der Waals surface area contributed by atoms with Crippen molar-refractivity contribution in [2.75, 3.05) is 18.8 Å². The summed E-state index contributed by atoms with van der Waals surface area (Å²) in [4.78, 5) is 27.8. The van der Waals surface area contributed by atoms with Crippen LogP contribution in [0.15, 0.2) is 29.2 Å². The van der Waals surface area contributed by atoms with Crippen molar-refractivity contribution in [1.82, 2.24) is 9.47 Å². The highest BCUT2D eigenvalue weighted by Gasteiger charge is 2.28. The number of hydrogen-bond acceptors (Lipinski definition) is 3. The van der Waals surface area contributed by atoms with Crippen molar-refractivity contribution in [3.63, 3.8) is 0 Å². The Morgan fingerprint density at radius 3 is 2.54 bits per heavy atom. The lowest BCUT2D eigenvalue weighted by atomic mass is 9.91. The normalized spacial score (nSPS) is 21.2. The van der Waals surface area contributed by atoms with E-state index in [0.29, 0.717) is 42.5 Å². The minimum absolute atomic E-state index is 0.175. The van der Waals surface area contributed by atoms with E-state index < -0.39 is 0 Å². The highest BCUT2D eigenvalue weighted by Crippen LogP contribution is 2.23. The number of piperidine rings is 1. The second-order valence-corrected chi connectivity index (χ2v) is 7.06. The molecule has 3 rings (SSSR count). The van der Waals surface area contributed by atoms with Gasteiger partial charge in [0.2, 0.25) is 5.43 Å². The molecule has 0 aliphatic carbocycles. The molecule has 1 aromatic heterocycles. The zero-order chi connectivity index (χ0) is 17.4. The molecule has 24 heavy (non-hydrogen) atoms. The Hall–Kier alpha value is -2.30. The van der Waals surface area contributed by atoms with Gasteiger partial charge in [-0.3, -0.25) is 9.59 Å². The van der Waals surface area contributed by atoms with Gasteiger partial charge in [-0.05, 0) is 37.3 Å². The lowest BCUT2D eigenvalue weighted by Gasteiger charge is -2.35. The first-order valence-corrected chi connectivity index (χ1v) is 8.63. The monoisotopic (exact) mass is 327 g/mol. The Labute approximate surface area is 142 Å². The molecule has 2 N–H and O–H groups in total. The summed E-state index contributed by atoms with van der Waals surface area (Å²) in [6.07, 6.45) is 2.81. The maximum atomic E-state index is 13.0. The molecule has 0 saturated carbocycles. The summed E-state index contributed by atoms with van der Waals surface area (Å²) in [5, 5.41) is 0.448. The number of carbonyl (C=O) groups is 1. The van der Waals surface area contributed by atoms with Crippen LogP contribution in [0.1, 0.15) is 37.6 Å². The van der Waals surface area contributed by atoms with E-state index in [2.05, 4.69) is 13.8 Å². The summed E-state index contributed by atoms with van der Waals surface area (Å²) in [5.74, 6) is 0.735. The highest BCUT2D eigenvalue weighted by atomic mass is 16.2. The minimum atomic E-state index is -0.260. The van der Waals surface area contributed by atoms with Crippen LogP contribution in [0, 0.1) is 11.8 Å². The summed E-state index contributed by atoms with van der Waals surface area (Å²) >= 11 is 0. The van der Waals surface area contributed by atoms with Crippen LogP contribution in [0.2, 0.25) is 0 Å². The standard InChI is InChI=1S/C19H25N3O2/c1-4-21-11-14(18(23)17-15(20)6-5-7-16(17)21)19(24)22-9-12(2)8-13(3)10-22/h5-7,11-13H,4,8-10,20H2,1-3H3. The molecule has 1 amide bonds. The third kappa shape index (κ3) is 2.79. The predicted octanol–water partition coefficient (Wildman–Crippen LogP) is 2.72. The van der Waals surface area contributed by atoms with Crippen LogP contribution < -0.4 is 11.2 Å². The van der Waals surface area contributed by atoms with Crippen LogP contribution in [0.25, 0.3) is 10.9 Å². The van der Waals surface area contributed by atoms with E-state index in [1.165, 1.54) is 0 Å². The number of aromatic nitrogens is 1. The van der Waals surface area contributed by atoms with E-state index in [1.807, 2.05) is 28.5 Å². The third-order valence-electron chi connectivity index (χ3n) is 4.87. The van der Waals surface area contributed by atoms with Gasteiger partial charge < -0.3 is 15.2 Å². The number of rotatable bonds is 2. The molecule has 2 unspecified atom stereocenters. The SMILES string of the molecule is CCn1cc(C(=O)N2CC(C)CC(C)C2)c(=O)c2c(N)cccc21.